The molecule has 0 aromatic carbocycles. The van der Waals surface area contributed by atoms with Crippen LogP contribution in [-0.2, 0) is 4.79 Å². The first-order valence-corrected chi connectivity index (χ1v) is 7.75. The zero-order chi connectivity index (χ0) is 14.3. The number of carbonyl (C=O) groups is 1. The standard InChI is InChI=1S/C15H30N2O2/c1-4-6-10-17(11-7-5-2)12-15(16-3,14(18)19)13-8-9-13/h13,16H,4-12H2,1-3H3,(H,18,19). The van der Waals surface area contributed by atoms with Crippen LogP contribution in [0.25, 0.3) is 0 Å². The van der Waals surface area contributed by atoms with Gasteiger partial charge in [-0.15, -0.1) is 0 Å². The second-order valence-electron chi connectivity index (χ2n) is 5.78. The van der Waals surface area contributed by atoms with Gasteiger partial charge in [-0.05, 0) is 51.7 Å². The van der Waals surface area contributed by atoms with E-state index >= 15 is 0 Å². The van der Waals surface area contributed by atoms with E-state index in [-0.39, 0.29) is 0 Å². The number of nitrogens with one attached hydrogen (secondary N) is 1. The van der Waals surface area contributed by atoms with Gasteiger partial charge >= 0.3 is 5.97 Å². The highest BCUT2D eigenvalue weighted by atomic mass is 16.4. The fourth-order valence-corrected chi connectivity index (χ4v) is 2.72. The van der Waals surface area contributed by atoms with Crippen LogP contribution in [0.1, 0.15) is 52.4 Å². The van der Waals surface area contributed by atoms with Crippen molar-refractivity contribution in [3.05, 3.63) is 0 Å². The van der Waals surface area contributed by atoms with E-state index in [9.17, 15) is 9.90 Å². The quantitative estimate of drug-likeness (QED) is 0.605. The number of likely N-dealkylation sites (N-methyl/N-ethyl adjacent to an activating group) is 1. The summed E-state index contributed by atoms with van der Waals surface area (Å²) in [5.41, 5.74) is -0.735. The molecule has 1 atom stereocenters. The summed E-state index contributed by atoms with van der Waals surface area (Å²) in [5, 5.41) is 12.8. The molecule has 0 saturated heterocycles. The van der Waals surface area contributed by atoms with Gasteiger partial charge in [-0.1, -0.05) is 26.7 Å². The molecule has 0 radical (unpaired) electrons. The smallest absolute Gasteiger partial charge is 0.325 e. The van der Waals surface area contributed by atoms with Gasteiger partial charge in [-0.2, -0.15) is 0 Å². The third-order valence-electron chi connectivity index (χ3n) is 4.23. The summed E-state index contributed by atoms with van der Waals surface area (Å²) >= 11 is 0. The summed E-state index contributed by atoms with van der Waals surface area (Å²) in [6.07, 6.45) is 6.70. The maximum Gasteiger partial charge on any atom is 0.325 e. The zero-order valence-electron chi connectivity index (χ0n) is 12.7. The van der Waals surface area contributed by atoms with E-state index in [0.29, 0.717) is 12.5 Å². The molecule has 4 nitrogen and oxygen atoms in total. The van der Waals surface area contributed by atoms with Crippen molar-refractivity contribution in [2.45, 2.75) is 57.9 Å². The number of hydrogen-bond acceptors (Lipinski definition) is 3. The molecule has 1 fully saturated rings. The van der Waals surface area contributed by atoms with Crippen molar-refractivity contribution in [3.8, 4) is 0 Å². The van der Waals surface area contributed by atoms with Crippen LogP contribution >= 0.6 is 0 Å². The molecule has 4 heteroatoms. The van der Waals surface area contributed by atoms with Crippen LogP contribution in [-0.4, -0.2) is 48.2 Å². The lowest BCUT2D eigenvalue weighted by atomic mass is 9.92. The third-order valence-corrected chi connectivity index (χ3v) is 4.23. The highest BCUT2D eigenvalue weighted by Gasteiger charge is 2.50. The Morgan fingerprint density at radius 2 is 1.79 bits per heavy atom. The van der Waals surface area contributed by atoms with E-state index in [1.807, 2.05) is 0 Å². The summed E-state index contributed by atoms with van der Waals surface area (Å²) in [6, 6.07) is 0. The predicted molar refractivity (Wildman–Crippen MR) is 78.4 cm³/mol. The number of nitrogens with zero attached hydrogens (tertiary/aromatic N) is 1. The molecule has 0 amide bonds. The molecule has 1 aliphatic carbocycles. The first-order chi connectivity index (χ1) is 9.10. The molecule has 0 aromatic rings. The van der Waals surface area contributed by atoms with E-state index < -0.39 is 11.5 Å². The van der Waals surface area contributed by atoms with Gasteiger partial charge < -0.3 is 15.3 Å². The van der Waals surface area contributed by atoms with Gasteiger partial charge in [0.1, 0.15) is 5.54 Å². The van der Waals surface area contributed by atoms with Crippen molar-refractivity contribution >= 4 is 5.97 Å². The lowest BCUT2D eigenvalue weighted by molar-refractivity contribution is -0.146. The van der Waals surface area contributed by atoms with Gasteiger partial charge in [-0.3, -0.25) is 4.79 Å². The maximum atomic E-state index is 11.7. The van der Waals surface area contributed by atoms with Crippen LogP contribution in [0.3, 0.4) is 0 Å². The first-order valence-electron chi connectivity index (χ1n) is 7.75. The van der Waals surface area contributed by atoms with Crippen molar-refractivity contribution in [3.63, 3.8) is 0 Å². The van der Waals surface area contributed by atoms with Crippen LogP contribution in [0.5, 0.6) is 0 Å². The average molecular weight is 270 g/mol. The van der Waals surface area contributed by atoms with Crippen LogP contribution in [0.4, 0.5) is 0 Å². The second-order valence-corrected chi connectivity index (χ2v) is 5.78. The Kier molecular flexibility index (Phi) is 6.80. The second kappa shape index (κ2) is 7.85. The molecule has 1 saturated carbocycles. The number of unbranched alkanes of at least 4 members (excludes halogenated alkanes) is 2. The normalized spacial score (nSPS) is 18.5. The van der Waals surface area contributed by atoms with Gasteiger partial charge in [0.2, 0.25) is 0 Å². The van der Waals surface area contributed by atoms with Crippen LogP contribution in [0.15, 0.2) is 0 Å². The largest absolute Gasteiger partial charge is 0.480 e. The number of rotatable bonds is 11. The Labute approximate surface area is 117 Å². The Morgan fingerprint density at radius 3 is 2.11 bits per heavy atom. The number of carboxylic acid groups (broad SMARTS) is 1. The molecule has 0 heterocycles. The Balaban J connectivity index is 2.68. The predicted octanol–water partition coefficient (Wildman–Crippen LogP) is 2.34. The molecule has 112 valence electrons. The highest BCUT2D eigenvalue weighted by Crippen LogP contribution is 2.40. The topological polar surface area (TPSA) is 52.6 Å². The summed E-state index contributed by atoms with van der Waals surface area (Å²) in [4.78, 5) is 14.1. The molecule has 0 aliphatic heterocycles. The van der Waals surface area contributed by atoms with E-state index in [2.05, 4.69) is 24.1 Å². The molecule has 1 unspecified atom stereocenters. The van der Waals surface area contributed by atoms with Gasteiger partial charge in [0.15, 0.2) is 0 Å². The minimum Gasteiger partial charge on any atom is -0.480 e. The summed E-state index contributed by atoms with van der Waals surface area (Å²) < 4.78 is 0. The van der Waals surface area contributed by atoms with Gasteiger partial charge in [0, 0.05) is 6.54 Å². The fraction of sp³-hybridized carbons (Fsp3) is 0.933. The Morgan fingerprint density at radius 1 is 1.26 bits per heavy atom. The lowest BCUT2D eigenvalue weighted by Crippen LogP contribution is -2.59. The average Bonchev–Trinajstić information content (AvgIpc) is 3.22. The zero-order valence-corrected chi connectivity index (χ0v) is 12.7. The molecule has 1 rings (SSSR count). The number of carboxylic acids is 1. The lowest BCUT2D eigenvalue weighted by Gasteiger charge is -2.35. The molecule has 0 bridgehead atoms. The molecule has 2 N–H and O–H groups in total. The maximum absolute atomic E-state index is 11.7. The van der Waals surface area contributed by atoms with Crippen LogP contribution in [0.2, 0.25) is 0 Å². The molecule has 0 spiro atoms. The minimum atomic E-state index is -0.735. The van der Waals surface area contributed by atoms with Crippen LogP contribution < -0.4 is 5.32 Å². The van der Waals surface area contributed by atoms with Gasteiger partial charge in [0.25, 0.3) is 0 Å². The van der Waals surface area contributed by atoms with Crippen LogP contribution in [0, 0.1) is 5.92 Å². The summed E-state index contributed by atoms with van der Waals surface area (Å²) in [6.45, 7) is 7.03. The Bertz CT molecular complexity index is 271. The van der Waals surface area contributed by atoms with E-state index in [4.69, 9.17) is 0 Å². The van der Waals surface area contributed by atoms with Crippen molar-refractivity contribution in [2.24, 2.45) is 5.92 Å². The van der Waals surface area contributed by atoms with E-state index in [1.54, 1.807) is 7.05 Å². The van der Waals surface area contributed by atoms with Crippen molar-refractivity contribution in [2.75, 3.05) is 26.7 Å². The van der Waals surface area contributed by atoms with Crippen molar-refractivity contribution < 1.29 is 9.90 Å². The van der Waals surface area contributed by atoms with Gasteiger partial charge in [0.05, 0.1) is 0 Å². The minimum absolute atomic E-state index is 0.306. The number of aliphatic carboxylic acids is 1. The fourth-order valence-electron chi connectivity index (χ4n) is 2.72. The highest BCUT2D eigenvalue weighted by molar-refractivity contribution is 5.80. The van der Waals surface area contributed by atoms with Crippen molar-refractivity contribution in [1.29, 1.82) is 0 Å². The number of hydrogen-bond donors (Lipinski definition) is 2. The molecular formula is C15H30N2O2. The van der Waals surface area contributed by atoms with E-state index in [0.717, 1.165) is 51.6 Å². The molecular weight excluding hydrogens is 240 g/mol. The van der Waals surface area contributed by atoms with E-state index in [1.165, 1.54) is 0 Å². The van der Waals surface area contributed by atoms with Crippen molar-refractivity contribution in [1.82, 2.24) is 10.2 Å². The molecule has 0 aromatic heterocycles. The summed E-state index contributed by atoms with van der Waals surface area (Å²) in [5.74, 6) is -0.378. The molecule has 19 heavy (non-hydrogen) atoms. The Hall–Kier alpha value is -0.610. The SMILES string of the molecule is CCCCN(CCCC)CC(NC)(C(=O)O)C1CC1. The molecule has 1 aliphatic rings. The van der Waals surface area contributed by atoms with Gasteiger partial charge in [-0.25, -0.2) is 0 Å². The first kappa shape index (κ1) is 16.4. The summed E-state index contributed by atoms with van der Waals surface area (Å²) in [7, 11) is 1.80. The third kappa shape index (κ3) is 4.46. The monoisotopic (exact) mass is 270 g/mol.